The molecule has 2 rings (SSSR count). The lowest BCUT2D eigenvalue weighted by Gasteiger charge is -2.16. The van der Waals surface area contributed by atoms with Crippen LogP contribution >= 0.6 is 11.3 Å². The van der Waals surface area contributed by atoms with Gasteiger partial charge in [-0.15, -0.1) is 11.3 Å². The van der Waals surface area contributed by atoms with E-state index in [0.717, 1.165) is 15.3 Å². The molecule has 0 fully saturated rings. The molecule has 0 bridgehead atoms. The van der Waals surface area contributed by atoms with Crippen LogP contribution < -0.4 is 5.32 Å². The summed E-state index contributed by atoms with van der Waals surface area (Å²) in [6.45, 7) is 3.25. The normalized spacial score (nSPS) is 11.5. The van der Waals surface area contributed by atoms with Gasteiger partial charge >= 0.3 is 11.9 Å². The number of nitrogens with one attached hydrogen (secondary N) is 1. The summed E-state index contributed by atoms with van der Waals surface area (Å²) >= 11 is 1.49. The molecule has 0 spiro atoms. The number of thiophene rings is 1. The van der Waals surface area contributed by atoms with Crippen LogP contribution in [0.1, 0.15) is 25.7 Å². The average molecular weight is 375 g/mol. The van der Waals surface area contributed by atoms with Crippen molar-refractivity contribution in [2.45, 2.75) is 26.3 Å². The van der Waals surface area contributed by atoms with Gasteiger partial charge in [0.2, 0.25) is 0 Å². The van der Waals surface area contributed by atoms with E-state index in [-0.39, 0.29) is 6.42 Å². The van der Waals surface area contributed by atoms with Gasteiger partial charge in [-0.25, -0.2) is 9.59 Å². The zero-order chi connectivity index (χ0) is 19.1. The first kappa shape index (κ1) is 19.7. The number of hydrogen-bond acceptors (Lipinski definition) is 6. The van der Waals surface area contributed by atoms with Crippen molar-refractivity contribution in [3.63, 3.8) is 0 Å². The molecule has 1 heterocycles. The number of benzene rings is 1. The smallest absolute Gasteiger partial charge is 0.339 e. The lowest BCUT2D eigenvalue weighted by Crippen LogP contribution is -2.44. The van der Waals surface area contributed by atoms with Crippen molar-refractivity contribution in [3.05, 3.63) is 57.3 Å². The van der Waals surface area contributed by atoms with E-state index >= 15 is 0 Å². The Bertz CT molecular complexity index is 784. The summed E-state index contributed by atoms with van der Waals surface area (Å²) in [5.74, 6) is -1.67. The molecule has 6 nitrogen and oxygen atoms in total. The third-order valence-electron chi connectivity index (χ3n) is 3.70. The molecule has 1 N–H and O–H groups in total. The third-order valence-corrected chi connectivity index (χ3v) is 4.66. The van der Waals surface area contributed by atoms with Gasteiger partial charge in [-0.3, -0.25) is 4.79 Å². The first-order valence-corrected chi connectivity index (χ1v) is 8.87. The topological polar surface area (TPSA) is 81.7 Å². The molecule has 1 amide bonds. The van der Waals surface area contributed by atoms with E-state index in [1.807, 2.05) is 44.2 Å². The summed E-state index contributed by atoms with van der Waals surface area (Å²) in [5, 5.41) is 2.55. The SMILES string of the molecule is COC(=O)[C@H](Cc1ccccc1)NC(=O)COC(=O)c1cc(C)sc1C. The van der Waals surface area contributed by atoms with Crippen molar-refractivity contribution in [2.75, 3.05) is 13.7 Å². The standard InChI is InChI=1S/C19H21NO5S/c1-12-9-15(13(2)26-12)18(22)25-11-17(21)20-16(19(23)24-3)10-14-7-5-4-6-8-14/h4-9,16H,10-11H2,1-3H3,(H,20,21)/t16-/m0/s1. The first-order chi connectivity index (χ1) is 12.4. The highest BCUT2D eigenvalue weighted by molar-refractivity contribution is 7.12. The molecule has 0 saturated heterocycles. The maximum absolute atomic E-state index is 12.1. The van der Waals surface area contributed by atoms with Crippen molar-refractivity contribution in [3.8, 4) is 0 Å². The van der Waals surface area contributed by atoms with Gasteiger partial charge < -0.3 is 14.8 Å². The van der Waals surface area contributed by atoms with Crippen LogP contribution in [-0.2, 0) is 25.5 Å². The van der Waals surface area contributed by atoms with Gasteiger partial charge in [-0.2, -0.15) is 0 Å². The van der Waals surface area contributed by atoms with E-state index in [9.17, 15) is 14.4 Å². The number of rotatable bonds is 7. The van der Waals surface area contributed by atoms with Gasteiger partial charge in [0.1, 0.15) is 6.04 Å². The fourth-order valence-electron chi connectivity index (χ4n) is 2.46. The highest BCUT2D eigenvalue weighted by Gasteiger charge is 2.23. The monoisotopic (exact) mass is 375 g/mol. The summed E-state index contributed by atoms with van der Waals surface area (Å²) in [6, 6.07) is 10.1. The molecule has 0 radical (unpaired) electrons. The molecule has 0 aliphatic carbocycles. The van der Waals surface area contributed by atoms with E-state index in [2.05, 4.69) is 5.32 Å². The second-order valence-electron chi connectivity index (χ2n) is 5.74. The number of aryl methyl sites for hydroxylation is 2. The lowest BCUT2D eigenvalue weighted by atomic mass is 10.1. The van der Waals surface area contributed by atoms with E-state index in [4.69, 9.17) is 9.47 Å². The second-order valence-corrected chi connectivity index (χ2v) is 7.20. The molecule has 2 aromatic rings. The van der Waals surface area contributed by atoms with Crippen LogP contribution in [0, 0.1) is 13.8 Å². The molecular weight excluding hydrogens is 354 g/mol. The summed E-state index contributed by atoms with van der Waals surface area (Å²) < 4.78 is 9.79. The molecule has 0 saturated carbocycles. The molecule has 138 valence electrons. The minimum Gasteiger partial charge on any atom is -0.467 e. The molecule has 1 aromatic heterocycles. The van der Waals surface area contributed by atoms with E-state index < -0.39 is 30.5 Å². The second kappa shape index (κ2) is 9.15. The molecule has 0 aliphatic heterocycles. The number of carbonyl (C=O) groups is 3. The van der Waals surface area contributed by atoms with Crippen LogP contribution in [0.3, 0.4) is 0 Å². The van der Waals surface area contributed by atoms with Crippen LogP contribution in [0.4, 0.5) is 0 Å². The number of hydrogen-bond donors (Lipinski definition) is 1. The molecule has 7 heteroatoms. The molecule has 0 unspecified atom stereocenters. The number of esters is 2. The number of methoxy groups -OCH3 is 1. The predicted molar refractivity (Wildman–Crippen MR) is 98.2 cm³/mol. The minimum absolute atomic E-state index is 0.288. The predicted octanol–water partition coefficient (Wildman–Crippen LogP) is 2.42. The Hall–Kier alpha value is -2.67. The zero-order valence-corrected chi connectivity index (χ0v) is 15.7. The molecule has 0 aliphatic rings. The highest BCUT2D eigenvalue weighted by atomic mass is 32.1. The van der Waals surface area contributed by atoms with Crippen LogP contribution in [0.5, 0.6) is 0 Å². The Balaban J connectivity index is 1.93. The van der Waals surface area contributed by atoms with Crippen molar-refractivity contribution in [2.24, 2.45) is 0 Å². The molecule has 1 atom stereocenters. The maximum atomic E-state index is 12.1. The Labute approximate surface area is 156 Å². The van der Waals surface area contributed by atoms with Crippen molar-refractivity contribution in [1.82, 2.24) is 5.32 Å². The number of carbonyl (C=O) groups excluding carboxylic acids is 3. The van der Waals surface area contributed by atoms with Crippen molar-refractivity contribution in [1.29, 1.82) is 0 Å². The zero-order valence-electron chi connectivity index (χ0n) is 14.9. The van der Waals surface area contributed by atoms with Gasteiger partial charge in [-0.1, -0.05) is 30.3 Å². The Morgan fingerprint density at radius 1 is 1.15 bits per heavy atom. The van der Waals surface area contributed by atoms with E-state index in [1.165, 1.54) is 18.4 Å². The number of amides is 1. The average Bonchev–Trinajstić information content (AvgIpc) is 2.97. The maximum Gasteiger partial charge on any atom is 0.339 e. The van der Waals surface area contributed by atoms with Crippen molar-refractivity contribution < 1.29 is 23.9 Å². The fraction of sp³-hybridized carbons (Fsp3) is 0.316. The minimum atomic E-state index is -0.848. The van der Waals surface area contributed by atoms with Gasteiger partial charge in [0.05, 0.1) is 12.7 Å². The summed E-state index contributed by atoms with van der Waals surface area (Å²) in [4.78, 5) is 37.9. The van der Waals surface area contributed by atoms with Crippen LogP contribution in [0.25, 0.3) is 0 Å². The summed E-state index contributed by atoms with van der Waals surface area (Å²) in [7, 11) is 1.26. The van der Waals surface area contributed by atoms with Crippen LogP contribution in [0.2, 0.25) is 0 Å². The first-order valence-electron chi connectivity index (χ1n) is 8.06. The highest BCUT2D eigenvalue weighted by Crippen LogP contribution is 2.21. The number of ether oxygens (including phenoxy) is 2. The summed E-state index contributed by atoms with van der Waals surface area (Å²) in [6.07, 6.45) is 0.288. The molecular formula is C19H21NO5S. The quantitative estimate of drug-likeness (QED) is 0.752. The van der Waals surface area contributed by atoms with Gasteiger partial charge in [0.15, 0.2) is 6.61 Å². The lowest BCUT2D eigenvalue weighted by molar-refractivity contribution is -0.145. The van der Waals surface area contributed by atoms with Crippen molar-refractivity contribution >= 4 is 29.2 Å². The van der Waals surface area contributed by atoms with Gasteiger partial charge in [0, 0.05) is 16.2 Å². The summed E-state index contributed by atoms with van der Waals surface area (Å²) in [5.41, 5.74) is 1.33. The third kappa shape index (κ3) is 5.42. The van der Waals surface area contributed by atoms with Crippen LogP contribution in [0.15, 0.2) is 36.4 Å². The van der Waals surface area contributed by atoms with Gasteiger partial charge in [0.25, 0.3) is 5.91 Å². The van der Waals surface area contributed by atoms with E-state index in [0.29, 0.717) is 5.56 Å². The molecule has 26 heavy (non-hydrogen) atoms. The van der Waals surface area contributed by atoms with Gasteiger partial charge in [-0.05, 0) is 25.5 Å². The fourth-order valence-corrected chi connectivity index (χ4v) is 3.38. The Morgan fingerprint density at radius 2 is 1.85 bits per heavy atom. The Morgan fingerprint density at radius 3 is 2.42 bits per heavy atom. The molecule has 1 aromatic carbocycles. The Kier molecular flexibility index (Phi) is 6.91. The van der Waals surface area contributed by atoms with Crippen LogP contribution in [-0.4, -0.2) is 37.6 Å². The largest absolute Gasteiger partial charge is 0.467 e. The van der Waals surface area contributed by atoms with E-state index in [1.54, 1.807) is 6.07 Å².